The third-order valence-electron chi connectivity index (χ3n) is 2.87. The topological polar surface area (TPSA) is 67.8 Å². The van der Waals surface area contributed by atoms with Crippen molar-refractivity contribution in [2.45, 2.75) is 45.0 Å². The molecule has 0 saturated carbocycles. The second-order valence-electron chi connectivity index (χ2n) is 4.84. The second-order valence-corrected chi connectivity index (χ2v) is 7.35. The lowest BCUT2D eigenvalue weighted by atomic mass is 10.4. The fourth-order valence-electron chi connectivity index (χ4n) is 1.69. The van der Waals surface area contributed by atoms with Crippen LogP contribution in [0.25, 0.3) is 0 Å². The summed E-state index contributed by atoms with van der Waals surface area (Å²) < 4.78 is 0. The molecule has 0 aliphatic carbocycles. The number of thiazole rings is 1. The van der Waals surface area contributed by atoms with E-state index in [1.807, 2.05) is 40.7 Å². The minimum absolute atomic E-state index is 0.0866. The van der Waals surface area contributed by atoms with Gasteiger partial charge >= 0.3 is 0 Å². The van der Waals surface area contributed by atoms with Gasteiger partial charge < -0.3 is 5.32 Å². The predicted molar refractivity (Wildman–Crippen MR) is 87.0 cm³/mol. The van der Waals surface area contributed by atoms with E-state index in [-0.39, 0.29) is 11.2 Å². The molecule has 112 valence electrons. The maximum absolute atomic E-state index is 12.2. The van der Waals surface area contributed by atoms with Gasteiger partial charge in [-0.15, -0.1) is 11.3 Å². The zero-order valence-electron chi connectivity index (χ0n) is 12.7. The Labute approximate surface area is 132 Å². The van der Waals surface area contributed by atoms with Crippen molar-refractivity contribution in [2.24, 2.45) is 0 Å². The lowest BCUT2D eigenvalue weighted by Gasteiger charge is -2.10. The van der Waals surface area contributed by atoms with Gasteiger partial charge in [-0.1, -0.05) is 11.8 Å². The molecule has 1 unspecified atom stereocenters. The number of rotatable bonds is 4. The normalized spacial score (nSPS) is 12.2. The number of hydrogen-bond acceptors (Lipinski definition) is 6. The van der Waals surface area contributed by atoms with Crippen LogP contribution < -0.4 is 5.32 Å². The molecule has 1 N–H and O–H groups in total. The van der Waals surface area contributed by atoms with Crippen LogP contribution in [-0.2, 0) is 4.79 Å². The molecule has 0 aliphatic rings. The highest BCUT2D eigenvalue weighted by Crippen LogP contribution is 2.24. The van der Waals surface area contributed by atoms with Crippen LogP contribution in [0.2, 0.25) is 0 Å². The summed E-state index contributed by atoms with van der Waals surface area (Å²) in [7, 11) is 0. The molecule has 0 aromatic carbocycles. The molecule has 1 amide bonds. The molecular formula is C14H18N4OS2. The van der Waals surface area contributed by atoms with Crippen LogP contribution in [0, 0.1) is 27.7 Å². The van der Waals surface area contributed by atoms with Crippen molar-refractivity contribution in [3.63, 3.8) is 0 Å². The van der Waals surface area contributed by atoms with Gasteiger partial charge in [0.1, 0.15) is 0 Å². The van der Waals surface area contributed by atoms with Gasteiger partial charge in [-0.25, -0.2) is 15.0 Å². The van der Waals surface area contributed by atoms with Gasteiger partial charge in [0.25, 0.3) is 0 Å². The molecule has 5 nitrogen and oxygen atoms in total. The van der Waals surface area contributed by atoms with E-state index in [9.17, 15) is 4.79 Å². The molecule has 0 radical (unpaired) electrons. The average Bonchev–Trinajstić information content (AvgIpc) is 2.66. The number of aromatic nitrogens is 3. The van der Waals surface area contributed by atoms with E-state index in [2.05, 4.69) is 20.3 Å². The van der Waals surface area contributed by atoms with Crippen molar-refractivity contribution in [1.29, 1.82) is 0 Å². The number of nitrogens with zero attached hydrogens (tertiary/aromatic N) is 3. The summed E-state index contributed by atoms with van der Waals surface area (Å²) >= 11 is 2.84. The van der Waals surface area contributed by atoms with Crippen LogP contribution in [0.1, 0.15) is 28.9 Å². The Morgan fingerprint density at radius 2 is 1.81 bits per heavy atom. The Kier molecular flexibility index (Phi) is 4.95. The predicted octanol–water partition coefficient (Wildman–Crippen LogP) is 3.29. The lowest BCUT2D eigenvalue weighted by molar-refractivity contribution is -0.115. The Morgan fingerprint density at radius 1 is 1.19 bits per heavy atom. The first-order chi connectivity index (χ1) is 9.85. The first-order valence-corrected chi connectivity index (χ1v) is 8.28. The van der Waals surface area contributed by atoms with Gasteiger partial charge in [0.05, 0.1) is 10.9 Å². The lowest BCUT2D eigenvalue weighted by Crippen LogP contribution is -2.22. The summed E-state index contributed by atoms with van der Waals surface area (Å²) in [5.74, 6) is -0.0866. The largest absolute Gasteiger partial charge is 0.301 e. The first-order valence-electron chi connectivity index (χ1n) is 6.59. The van der Waals surface area contributed by atoms with Gasteiger partial charge in [0, 0.05) is 16.3 Å². The van der Waals surface area contributed by atoms with Gasteiger partial charge in [0.2, 0.25) is 5.91 Å². The highest BCUT2D eigenvalue weighted by Gasteiger charge is 2.18. The number of amides is 1. The molecule has 0 fully saturated rings. The zero-order chi connectivity index (χ0) is 15.6. The van der Waals surface area contributed by atoms with Crippen molar-refractivity contribution in [1.82, 2.24) is 15.0 Å². The molecule has 2 rings (SSSR count). The molecule has 0 bridgehead atoms. The Balaban J connectivity index is 2.02. The number of anilines is 1. The maximum Gasteiger partial charge on any atom is 0.239 e. The Morgan fingerprint density at radius 3 is 2.33 bits per heavy atom. The van der Waals surface area contributed by atoms with Crippen molar-refractivity contribution in [2.75, 3.05) is 5.32 Å². The van der Waals surface area contributed by atoms with E-state index in [0.29, 0.717) is 10.3 Å². The highest BCUT2D eigenvalue weighted by atomic mass is 32.2. The van der Waals surface area contributed by atoms with Crippen LogP contribution in [0.4, 0.5) is 5.13 Å². The van der Waals surface area contributed by atoms with Gasteiger partial charge in [-0.2, -0.15) is 0 Å². The molecule has 21 heavy (non-hydrogen) atoms. The summed E-state index contributed by atoms with van der Waals surface area (Å²) in [5.41, 5.74) is 2.76. The van der Waals surface area contributed by atoms with Crippen molar-refractivity contribution in [3.05, 3.63) is 28.0 Å². The van der Waals surface area contributed by atoms with Gasteiger partial charge in [0.15, 0.2) is 10.3 Å². The summed E-state index contributed by atoms with van der Waals surface area (Å²) in [6, 6.07) is 1.91. The minimum Gasteiger partial charge on any atom is -0.301 e. The number of nitrogens with one attached hydrogen (secondary N) is 1. The Hall–Kier alpha value is -1.47. The average molecular weight is 322 g/mol. The standard InChI is InChI=1S/C14H18N4OS2/c1-7-6-8(2)16-13(15-7)21-11(5)12(19)18-14-17-9(3)10(4)20-14/h6,11H,1-5H3,(H,17,18,19). The molecular weight excluding hydrogens is 304 g/mol. The second kappa shape index (κ2) is 6.53. The number of carbonyl (C=O) groups excluding carboxylic acids is 1. The van der Waals surface area contributed by atoms with E-state index in [0.717, 1.165) is 22.0 Å². The summed E-state index contributed by atoms with van der Waals surface area (Å²) in [6.07, 6.45) is 0. The molecule has 0 aliphatic heterocycles. The SMILES string of the molecule is Cc1cc(C)nc(SC(C)C(=O)Nc2nc(C)c(C)s2)n1. The fraction of sp³-hybridized carbons (Fsp3) is 0.429. The molecule has 0 spiro atoms. The summed E-state index contributed by atoms with van der Waals surface area (Å²) in [4.78, 5) is 26.3. The van der Waals surface area contributed by atoms with Crippen molar-refractivity contribution >= 4 is 34.1 Å². The Bertz CT molecular complexity index is 629. The van der Waals surface area contributed by atoms with E-state index in [1.54, 1.807) is 0 Å². The van der Waals surface area contributed by atoms with Crippen LogP contribution >= 0.6 is 23.1 Å². The molecule has 1 atom stereocenters. The van der Waals surface area contributed by atoms with E-state index in [1.165, 1.54) is 23.1 Å². The molecule has 2 heterocycles. The number of hydrogen-bond donors (Lipinski definition) is 1. The summed E-state index contributed by atoms with van der Waals surface area (Å²) in [6.45, 7) is 9.61. The van der Waals surface area contributed by atoms with Crippen LogP contribution in [0.3, 0.4) is 0 Å². The molecule has 2 aromatic heterocycles. The van der Waals surface area contributed by atoms with E-state index in [4.69, 9.17) is 0 Å². The smallest absolute Gasteiger partial charge is 0.239 e. The first kappa shape index (κ1) is 15.9. The molecule has 2 aromatic rings. The molecule has 0 saturated heterocycles. The fourth-order valence-corrected chi connectivity index (χ4v) is 3.38. The van der Waals surface area contributed by atoms with Crippen LogP contribution in [-0.4, -0.2) is 26.1 Å². The van der Waals surface area contributed by atoms with Crippen LogP contribution in [0.15, 0.2) is 11.2 Å². The van der Waals surface area contributed by atoms with Crippen molar-refractivity contribution in [3.8, 4) is 0 Å². The number of carbonyl (C=O) groups is 1. The maximum atomic E-state index is 12.2. The van der Waals surface area contributed by atoms with Crippen LogP contribution in [0.5, 0.6) is 0 Å². The third kappa shape index (κ3) is 4.25. The zero-order valence-corrected chi connectivity index (χ0v) is 14.4. The van der Waals surface area contributed by atoms with Crippen molar-refractivity contribution < 1.29 is 4.79 Å². The number of aryl methyl sites for hydroxylation is 4. The molecule has 7 heteroatoms. The quantitative estimate of drug-likeness (QED) is 0.691. The summed E-state index contributed by atoms with van der Waals surface area (Å²) in [5, 5.41) is 3.83. The van der Waals surface area contributed by atoms with E-state index >= 15 is 0 Å². The van der Waals surface area contributed by atoms with Gasteiger partial charge in [-0.05, 0) is 40.7 Å². The minimum atomic E-state index is -0.282. The monoisotopic (exact) mass is 322 g/mol. The highest BCUT2D eigenvalue weighted by molar-refractivity contribution is 8.00. The number of thioether (sulfide) groups is 1. The van der Waals surface area contributed by atoms with Gasteiger partial charge in [-0.3, -0.25) is 4.79 Å². The van der Waals surface area contributed by atoms with E-state index < -0.39 is 0 Å². The third-order valence-corrected chi connectivity index (χ3v) is 4.82.